The van der Waals surface area contributed by atoms with Gasteiger partial charge in [0.25, 0.3) is 0 Å². The van der Waals surface area contributed by atoms with Gasteiger partial charge in [-0.25, -0.2) is 9.67 Å². The van der Waals surface area contributed by atoms with Crippen molar-refractivity contribution in [2.24, 2.45) is 0 Å². The number of nitrogens with one attached hydrogen (secondary N) is 1. The molecule has 0 radical (unpaired) electrons. The normalized spacial score (nSPS) is 20.7. The van der Waals surface area contributed by atoms with Crippen molar-refractivity contribution in [2.75, 3.05) is 19.6 Å². The number of hydrogen-bond acceptors (Lipinski definition) is 5. The zero-order chi connectivity index (χ0) is 28.6. The third kappa shape index (κ3) is 7.28. The van der Waals surface area contributed by atoms with Gasteiger partial charge in [0.1, 0.15) is 17.7 Å². The van der Waals surface area contributed by atoms with Crippen LogP contribution in [0.1, 0.15) is 60.9 Å². The van der Waals surface area contributed by atoms with E-state index in [9.17, 15) is 14.4 Å². The Kier molecular flexibility index (Phi) is 9.23. The number of amides is 3. The molecule has 2 aromatic carbocycles. The van der Waals surface area contributed by atoms with Gasteiger partial charge in [-0.2, -0.15) is 5.10 Å². The van der Waals surface area contributed by atoms with Crippen molar-refractivity contribution in [3.05, 3.63) is 89.5 Å². The van der Waals surface area contributed by atoms with E-state index in [4.69, 9.17) is 4.98 Å². The Labute approximate surface area is 241 Å². The molecule has 9 nitrogen and oxygen atoms in total. The predicted molar refractivity (Wildman–Crippen MR) is 156 cm³/mol. The second kappa shape index (κ2) is 13.4. The topological polar surface area (TPSA) is 100 Å². The molecule has 1 fully saturated rings. The van der Waals surface area contributed by atoms with Gasteiger partial charge in [0.05, 0.1) is 12.6 Å². The maximum absolute atomic E-state index is 13.7. The summed E-state index contributed by atoms with van der Waals surface area (Å²) in [7, 11) is 0. The first-order valence-electron chi connectivity index (χ1n) is 14.5. The molecule has 0 bridgehead atoms. The lowest BCUT2D eigenvalue weighted by Crippen LogP contribution is -2.53. The fourth-order valence-electron chi connectivity index (χ4n) is 5.67. The smallest absolute Gasteiger partial charge is 0.246 e. The Morgan fingerprint density at radius 1 is 0.951 bits per heavy atom. The van der Waals surface area contributed by atoms with E-state index in [0.717, 1.165) is 24.0 Å². The van der Waals surface area contributed by atoms with Crippen LogP contribution in [-0.2, 0) is 27.3 Å². The van der Waals surface area contributed by atoms with Crippen molar-refractivity contribution < 1.29 is 14.4 Å². The van der Waals surface area contributed by atoms with E-state index in [1.165, 1.54) is 0 Å². The summed E-state index contributed by atoms with van der Waals surface area (Å²) in [5.41, 5.74) is 2.01. The Morgan fingerprint density at radius 2 is 1.71 bits per heavy atom. The molecule has 1 saturated heterocycles. The average molecular weight is 555 g/mol. The predicted octanol–water partition coefficient (Wildman–Crippen LogP) is 3.70. The number of carbonyl (C=O) groups excluding carboxylic acids is 3. The number of fused-ring (bicyclic) bond motifs is 2. The third-order valence-electron chi connectivity index (χ3n) is 7.77. The highest BCUT2D eigenvalue weighted by atomic mass is 16.2. The molecular weight excluding hydrogens is 516 g/mol. The quantitative estimate of drug-likeness (QED) is 0.496. The first kappa shape index (κ1) is 28.3. The highest BCUT2D eigenvalue weighted by Crippen LogP contribution is 2.23. The van der Waals surface area contributed by atoms with Crippen LogP contribution in [0.4, 0.5) is 0 Å². The van der Waals surface area contributed by atoms with Gasteiger partial charge in [-0.1, -0.05) is 60.7 Å². The van der Waals surface area contributed by atoms with Crippen LogP contribution in [0.3, 0.4) is 0 Å². The first-order chi connectivity index (χ1) is 20.0. The van der Waals surface area contributed by atoms with Gasteiger partial charge in [0.2, 0.25) is 17.7 Å². The molecule has 3 aromatic rings. The van der Waals surface area contributed by atoms with E-state index in [0.29, 0.717) is 57.1 Å². The maximum atomic E-state index is 13.7. The Morgan fingerprint density at radius 3 is 2.49 bits per heavy atom. The molecule has 9 heteroatoms. The molecule has 0 spiro atoms. The maximum Gasteiger partial charge on any atom is 0.246 e. The Balaban J connectivity index is 1.45. The van der Waals surface area contributed by atoms with Crippen molar-refractivity contribution >= 4 is 23.8 Å². The fourth-order valence-corrected chi connectivity index (χ4v) is 5.67. The monoisotopic (exact) mass is 554 g/mol. The summed E-state index contributed by atoms with van der Waals surface area (Å²) < 4.78 is 1.82. The zero-order valence-electron chi connectivity index (χ0n) is 23.6. The second-order valence-corrected chi connectivity index (χ2v) is 10.8. The molecule has 1 N–H and O–H groups in total. The van der Waals surface area contributed by atoms with Crippen LogP contribution in [0.25, 0.3) is 6.08 Å². The zero-order valence-corrected chi connectivity index (χ0v) is 23.6. The largest absolute Gasteiger partial charge is 0.344 e. The minimum absolute atomic E-state index is 0.0345. The molecule has 5 rings (SSSR count). The van der Waals surface area contributed by atoms with Gasteiger partial charge in [-0.3, -0.25) is 14.4 Å². The number of benzene rings is 2. The molecule has 1 aromatic heterocycles. The third-order valence-corrected chi connectivity index (χ3v) is 7.77. The van der Waals surface area contributed by atoms with Crippen LogP contribution >= 0.6 is 0 Å². The van der Waals surface area contributed by atoms with Crippen LogP contribution in [0.5, 0.6) is 0 Å². The van der Waals surface area contributed by atoms with Gasteiger partial charge in [-0.05, 0) is 56.2 Å². The van der Waals surface area contributed by atoms with Gasteiger partial charge in [-0.15, -0.1) is 0 Å². The molecule has 0 unspecified atom stereocenters. The summed E-state index contributed by atoms with van der Waals surface area (Å²) in [5, 5.41) is 7.89. The number of aryl methyl sites for hydroxylation is 1. The van der Waals surface area contributed by atoms with Crippen LogP contribution < -0.4 is 5.32 Å². The lowest BCUT2D eigenvalue weighted by molar-refractivity contribution is -0.143. The SMILES string of the molecule is Cc1nc2n(n1)CCN(C(=O)C=Cc1ccccc1)CCCC(=O)N1CCCC[C@H]1C(=O)N[C@@H]2Cc1ccccc1. The van der Waals surface area contributed by atoms with E-state index in [1.807, 2.05) is 78.3 Å². The number of nitrogens with zero attached hydrogens (tertiary/aromatic N) is 5. The highest BCUT2D eigenvalue weighted by molar-refractivity contribution is 5.92. The van der Waals surface area contributed by atoms with E-state index in [2.05, 4.69) is 10.4 Å². The van der Waals surface area contributed by atoms with Crippen LogP contribution in [0, 0.1) is 6.92 Å². The van der Waals surface area contributed by atoms with Crippen LogP contribution in [-0.4, -0.2) is 68.0 Å². The minimum atomic E-state index is -0.513. The number of piperidine rings is 1. The summed E-state index contributed by atoms with van der Waals surface area (Å²) >= 11 is 0. The van der Waals surface area contributed by atoms with Gasteiger partial charge < -0.3 is 15.1 Å². The minimum Gasteiger partial charge on any atom is -0.344 e. The Bertz CT molecular complexity index is 1370. The van der Waals surface area contributed by atoms with Crippen molar-refractivity contribution in [3.63, 3.8) is 0 Å². The number of carbonyl (C=O) groups is 3. The second-order valence-electron chi connectivity index (χ2n) is 10.8. The molecular formula is C32H38N6O3. The lowest BCUT2D eigenvalue weighted by Gasteiger charge is -2.36. The van der Waals surface area contributed by atoms with E-state index >= 15 is 0 Å². The van der Waals surface area contributed by atoms with E-state index in [1.54, 1.807) is 15.9 Å². The van der Waals surface area contributed by atoms with Gasteiger partial charge >= 0.3 is 0 Å². The van der Waals surface area contributed by atoms with Crippen LogP contribution in [0.15, 0.2) is 66.7 Å². The standard InChI is InChI=1S/C32H38N6O3/c1-24-33-31-27(23-26-13-6-3-7-14-26)34-32(41)28-15-8-9-20-37(28)30(40)16-10-19-36(21-22-38(31)35-24)29(39)18-17-25-11-4-2-5-12-25/h2-7,11-14,17-18,27-28H,8-10,15-16,19-23H2,1H3,(H,34,41)/t27-,28+/m1/s1. The molecule has 3 amide bonds. The molecule has 0 saturated carbocycles. The fraction of sp³-hybridized carbons (Fsp3) is 0.406. The van der Waals surface area contributed by atoms with Crippen molar-refractivity contribution in [1.29, 1.82) is 0 Å². The summed E-state index contributed by atoms with van der Waals surface area (Å²) in [5.74, 6) is 0.959. The van der Waals surface area contributed by atoms with Gasteiger partial charge in [0.15, 0.2) is 0 Å². The number of aromatic nitrogens is 3. The van der Waals surface area contributed by atoms with Crippen molar-refractivity contribution in [3.8, 4) is 0 Å². The number of rotatable bonds is 4. The number of hydrogen-bond donors (Lipinski definition) is 1. The van der Waals surface area contributed by atoms with Crippen molar-refractivity contribution in [2.45, 2.75) is 64.1 Å². The van der Waals surface area contributed by atoms with Gasteiger partial charge in [0, 0.05) is 32.1 Å². The summed E-state index contributed by atoms with van der Waals surface area (Å²) in [6.45, 7) is 3.66. The van der Waals surface area contributed by atoms with E-state index < -0.39 is 12.1 Å². The lowest BCUT2D eigenvalue weighted by atomic mass is 9.99. The van der Waals surface area contributed by atoms with Crippen LogP contribution in [0.2, 0.25) is 0 Å². The highest BCUT2D eigenvalue weighted by Gasteiger charge is 2.34. The first-order valence-corrected chi connectivity index (χ1v) is 14.5. The molecule has 3 heterocycles. The average Bonchev–Trinajstić information content (AvgIpc) is 3.37. The molecule has 0 aliphatic carbocycles. The molecule has 2 aliphatic rings. The summed E-state index contributed by atoms with van der Waals surface area (Å²) in [6, 6.07) is 18.7. The van der Waals surface area contributed by atoms with Crippen molar-refractivity contribution in [1.82, 2.24) is 29.9 Å². The summed E-state index contributed by atoms with van der Waals surface area (Å²) in [4.78, 5) is 48.6. The summed E-state index contributed by atoms with van der Waals surface area (Å²) in [6.07, 6.45) is 7.16. The molecule has 214 valence electrons. The molecule has 2 atom stereocenters. The molecule has 2 aliphatic heterocycles. The Hall–Kier alpha value is -4.27. The van der Waals surface area contributed by atoms with E-state index in [-0.39, 0.29) is 24.1 Å². The molecule has 41 heavy (non-hydrogen) atoms.